The van der Waals surface area contributed by atoms with Gasteiger partial charge in [-0.05, 0) is 48.8 Å². The van der Waals surface area contributed by atoms with E-state index < -0.39 is 17.6 Å². The Hall–Kier alpha value is -1.12. The van der Waals surface area contributed by atoms with Crippen LogP contribution in [0.15, 0.2) is 15.9 Å². The van der Waals surface area contributed by atoms with Crippen LogP contribution in [-0.4, -0.2) is 58.7 Å². The fourth-order valence-electron chi connectivity index (χ4n) is 2.42. The van der Waals surface area contributed by atoms with Crippen LogP contribution in [0.25, 0.3) is 0 Å². The second-order valence-corrected chi connectivity index (χ2v) is 8.88. The Kier molecular flexibility index (Phi) is 5.70. The van der Waals surface area contributed by atoms with Gasteiger partial charge in [0.1, 0.15) is 11.6 Å². The summed E-state index contributed by atoms with van der Waals surface area (Å²) in [5, 5.41) is 9.56. The molecular formula is C15H21BrN2O4S. The molecule has 1 aromatic heterocycles. The van der Waals surface area contributed by atoms with Crippen molar-refractivity contribution >= 4 is 39.3 Å². The molecule has 1 aliphatic heterocycles. The lowest BCUT2D eigenvalue weighted by Crippen LogP contribution is -2.51. The van der Waals surface area contributed by atoms with E-state index in [1.54, 1.807) is 4.90 Å². The van der Waals surface area contributed by atoms with E-state index in [2.05, 4.69) is 15.9 Å². The monoisotopic (exact) mass is 404 g/mol. The maximum atomic E-state index is 12.1. The van der Waals surface area contributed by atoms with Crippen LogP contribution in [0.3, 0.4) is 0 Å². The van der Waals surface area contributed by atoms with Gasteiger partial charge in [-0.2, -0.15) is 0 Å². The van der Waals surface area contributed by atoms with Crippen LogP contribution in [0, 0.1) is 0 Å². The first-order valence-electron chi connectivity index (χ1n) is 7.37. The number of carboxylic acids is 1. The number of piperazine rings is 1. The topological polar surface area (TPSA) is 70.1 Å². The lowest BCUT2D eigenvalue weighted by molar-refractivity contribution is -0.144. The summed E-state index contributed by atoms with van der Waals surface area (Å²) in [7, 11) is 0. The number of carbonyl (C=O) groups is 2. The molecule has 0 spiro atoms. The van der Waals surface area contributed by atoms with E-state index >= 15 is 0 Å². The first-order chi connectivity index (χ1) is 10.7. The number of amides is 1. The van der Waals surface area contributed by atoms with Crippen LogP contribution in [0.5, 0.6) is 0 Å². The van der Waals surface area contributed by atoms with Crippen molar-refractivity contribution in [3.8, 4) is 0 Å². The average Bonchev–Trinajstić information content (AvgIpc) is 2.83. The Morgan fingerprint density at radius 1 is 1.26 bits per heavy atom. The molecule has 6 nitrogen and oxygen atoms in total. The van der Waals surface area contributed by atoms with E-state index in [-0.39, 0.29) is 6.09 Å². The molecule has 1 N–H and O–H groups in total. The predicted molar refractivity (Wildman–Crippen MR) is 91.8 cm³/mol. The fraction of sp³-hybridized carbons (Fsp3) is 0.600. The number of carbonyl (C=O) groups excluding carboxylic acids is 1. The molecule has 1 atom stereocenters. The standard InChI is InChI=1S/C15H21BrN2O4S/c1-15(2,3)22-14(21)18-8-6-17(7-9-18)12(13(19)20)10-4-5-11(16)23-10/h4-5,12H,6-9H2,1-3H3,(H,19,20)/t12-/m0/s1. The third kappa shape index (κ3) is 4.92. The summed E-state index contributed by atoms with van der Waals surface area (Å²) >= 11 is 4.79. The highest BCUT2D eigenvalue weighted by atomic mass is 79.9. The van der Waals surface area contributed by atoms with E-state index in [0.717, 1.165) is 8.66 Å². The lowest BCUT2D eigenvalue weighted by Gasteiger charge is -2.37. The van der Waals surface area contributed by atoms with Crippen molar-refractivity contribution in [2.45, 2.75) is 32.4 Å². The van der Waals surface area contributed by atoms with Gasteiger partial charge in [-0.25, -0.2) is 4.79 Å². The number of nitrogens with zero attached hydrogens (tertiary/aromatic N) is 2. The highest BCUT2D eigenvalue weighted by Crippen LogP contribution is 2.31. The zero-order valence-electron chi connectivity index (χ0n) is 13.4. The number of hydrogen-bond donors (Lipinski definition) is 1. The number of aliphatic carboxylic acids is 1. The van der Waals surface area contributed by atoms with Gasteiger partial charge in [0.25, 0.3) is 0 Å². The highest BCUT2D eigenvalue weighted by Gasteiger charge is 2.33. The molecule has 23 heavy (non-hydrogen) atoms. The molecule has 0 saturated carbocycles. The third-order valence-corrected chi connectivity index (χ3v) is 5.10. The van der Waals surface area contributed by atoms with Crippen molar-refractivity contribution in [1.82, 2.24) is 9.80 Å². The SMILES string of the molecule is CC(C)(C)OC(=O)N1CCN([C@H](C(=O)O)c2ccc(Br)s2)CC1. The zero-order chi connectivity index (χ0) is 17.2. The van der Waals surface area contributed by atoms with Gasteiger partial charge in [0.2, 0.25) is 0 Å². The lowest BCUT2D eigenvalue weighted by atomic mass is 10.1. The van der Waals surface area contributed by atoms with Gasteiger partial charge >= 0.3 is 12.1 Å². The van der Waals surface area contributed by atoms with E-state index in [1.807, 2.05) is 37.8 Å². The molecule has 0 unspecified atom stereocenters. The number of ether oxygens (including phenoxy) is 1. The van der Waals surface area contributed by atoms with Crippen molar-refractivity contribution in [3.05, 3.63) is 20.8 Å². The molecule has 0 aromatic carbocycles. The van der Waals surface area contributed by atoms with Crippen molar-refractivity contribution in [3.63, 3.8) is 0 Å². The number of rotatable bonds is 3. The summed E-state index contributed by atoms with van der Waals surface area (Å²) in [4.78, 5) is 28.0. The summed E-state index contributed by atoms with van der Waals surface area (Å²) in [6.07, 6.45) is -0.345. The second-order valence-electron chi connectivity index (χ2n) is 6.39. The predicted octanol–water partition coefficient (Wildman–Crippen LogP) is 3.19. The number of hydrogen-bond acceptors (Lipinski definition) is 5. The number of halogens is 1. The summed E-state index contributed by atoms with van der Waals surface area (Å²) in [6, 6.07) is 3.01. The van der Waals surface area contributed by atoms with Crippen molar-refractivity contribution in [2.24, 2.45) is 0 Å². The minimum atomic E-state index is -0.870. The molecule has 1 aliphatic rings. The van der Waals surface area contributed by atoms with Gasteiger partial charge in [-0.15, -0.1) is 11.3 Å². The summed E-state index contributed by atoms with van der Waals surface area (Å²) in [5.41, 5.74) is -0.527. The molecule has 1 saturated heterocycles. The first-order valence-corrected chi connectivity index (χ1v) is 8.98. The smallest absolute Gasteiger partial charge is 0.410 e. The normalized spacial score (nSPS) is 17.8. The molecule has 2 heterocycles. The Bertz CT molecular complexity index is 576. The fourth-order valence-corrected chi connectivity index (χ4v) is 3.97. The quantitative estimate of drug-likeness (QED) is 0.837. The van der Waals surface area contributed by atoms with Gasteiger partial charge in [0.05, 0.1) is 3.79 Å². The minimum Gasteiger partial charge on any atom is -0.480 e. The van der Waals surface area contributed by atoms with Crippen LogP contribution in [0.2, 0.25) is 0 Å². The van der Waals surface area contributed by atoms with Crippen molar-refractivity contribution < 1.29 is 19.4 Å². The van der Waals surface area contributed by atoms with Gasteiger partial charge in [-0.1, -0.05) is 0 Å². The molecule has 1 amide bonds. The summed E-state index contributed by atoms with van der Waals surface area (Å²) < 4.78 is 6.26. The van der Waals surface area contributed by atoms with Gasteiger partial charge < -0.3 is 14.7 Å². The Balaban J connectivity index is 1.99. The Labute approximate surface area is 148 Å². The molecule has 0 aliphatic carbocycles. The number of thiophene rings is 1. The Morgan fingerprint density at radius 3 is 2.30 bits per heavy atom. The van der Waals surface area contributed by atoms with Crippen LogP contribution in [0.4, 0.5) is 4.79 Å². The van der Waals surface area contributed by atoms with Gasteiger partial charge in [-0.3, -0.25) is 9.69 Å². The second kappa shape index (κ2) is 7.19. The first kappa shape index (κ1) is 18.2. The minimum absolute atomic E-state index is 0.345. The molecule has 0 radical (unpaired) electrons. The van der Waals surface area contributed by atoms with Crippen LogP contribution in [0.1, 0.15) is 31.7 Å². The molecule has 2 rings (SSSR count). The molecule has 0 bridgehead atoms. The molecule has 8 heteroatoms. The van der Waals surface area contributed by atoms with Crippen LogP contribution in [-0.2, 0) is 9.53 Å². The van der Waals surface area contributed by atoms with E-state index in [1.165, 1.54) is 11.3 Å². The van der Waals surface area contributed by atoms with E-state index in [0.29, 0.717) is 26.2 Å². The largest absolute Gasteiger partial charge is 0.480 e. The van der Waals surface area contributed by atoms with Gasteiger partial charge in [0, 0.05) is 31.1 Å². The Morgan fingerprint density at radius 2 is 1.87 bits per heavy atom. The van der Waals surface area contributed by atoms with E-state index in [9.17, 15) is 14.7 Å². The maximum Gasteiger partial charge on any atom is 0.410 e. The maximum absolute atomic E-state index is 12.1. The van der Waals surface area contributed by atoms with Crippen LogP contribution >= 0.6 is 27.3 Å². The van der Waals surface area contributed by atoms with Crippen molar-refractivity contribution in [2.75, 3.05) is 26.2 Å². The molecular weight excluding hydrogens is 384 g/mol. The average molecular weight is 405 g/mol. The number of carboxylic acid groups (broad SMARTS) is 1. The van der Waals surface area contributed by atoms with Gasteiger partial charge in [0.15, 0.2) is 0 Å². The van der Waals surface area contributed by atoms with Crippen LogP contribution < -0.4 is 0 Å². The molecule has 1 fully saturated rings. The zero-order valence-corrected chi connectivity index (χ0v) is 15.8. The summed E-state index contributed by atoms with van der Waals surface area (Å²) in [6.45, 7) is 7.43. The third-order valence-electron chi connectivity index (χ3n) is 3.43. The molecule has 128 valence electrons. The summed E-state index contributed by atoms with van der Waals surface area (Å²) in [5.74, 6) is -0.870. The molecule has 1 aromatic rings. The van der Waals surface area contributed by atoms with E-state index in [4.69, 9.17) is 4.74 Å². The highest BCUT2D eigenvalue weighted by molar-refractivity contribution is 9.11. The van der Waals surface area contributed by atoms with Crippen molar-refractivity contribution in [1.29, 1.82) is 0 Å².